The first-order chi connectivity index (χ1) is 10.1. The summed E-state index contributed by atoms with van der Waals surface area (Å²) in [6.45, 7) is 1.06. The van der Waals surface area contributed by atoms with Crippen LogP contribution in [0.2, 0.25) is 0 Å². The molecule has 0 spiro atoms. The molecule has 2 N–H and O–H groups in total. The number of hydrogen-bond acceptors (Lipinski definition) is 5. The Hall–Kier alpha value is -2.28. The second kappa shape index (κ2) is 6.45. The number of carbonyl (C=O) groups is 2. The number of carboxylic acids is 1. The predicted octanol–water partition coefficient (Wildman–Crippen LogP) is 0.202. The lowest BCUT2D eigenvalue weighted by molar-refractivity contribution is -0.140. The van der Waals surface area contributed by atoms with Crippen LogP contribution in [0.1, 0.15) is 10.4 Å². The highest BCUT2D eigenvalue weighted by Gasteiger charge is 2.28. The molecule has 1 amide bonds. The van der Waals surface area contributed by atoms with Crippen molar-refractivity contribution in [3.05, 3.63) is 23.8 Å². The van der Waals surface area contributed by atoms with Gasteiger partial charge in [0.2, 0.25) is 0 Å². The summed E-state index contributed by atoms with van der Waals surface area (Å²) in [5, 5.41) is 11.9. The van der Waals surface area contributed by atoms with Gasteiger partial charge in [0, 0.05) is 25.2 Å². The van der Waals surface area contributed by atoms with Gasteiger partial charge in [0.15, 0.2) is 11.5 Å². The van der Waals surface area contributed by atoms with Crippen LogP contribution in [0.3, 0.4) is 0 Å². The highest BCUT2D eigenvalue weighted by molar-refractivity contribution is 5.95. The number of piperazine rings is 1. The van der Waals surface area contributed by atoms with Crippen LogP contribution in [0, 0.1) is 0 Å². The Kier molecular flexibility index (Phi) is 4.64. The number of ether oxygens (including phenoxy) is 2. The summed E-state index contributed by atoms with van der Waals surface area (Å²) >= 11 is 0. The van der Waals surface area contributed by atoms with Gasteiger partial charge in [-0.15, -0.1) is 0 Å². The van der Waals surface area contributed by atoms with Crippen molar-refractivity contribution < 1.29 is 24.2 Å². The molecule has 1 saturated heterocycles. The van der Waals surface area contributed by atoms with Crippen LogP contribution in [-0.2, 0) is 4.79 Å². The lowest BCUT2D eigenvalue weighted by atomic mass is 10.1. The van der Waals surface area contributed by atoms with Crippen molar-refractivity contribution in [2.24, 2.45) is 0 Å². The van der Waals surface area contributed by atoms with E-state index >= 15 is 0 Å². The molecule has 0 bridgehead atoms. The standard InChI is InChI=1S/C14H18N2O5/c1-20-11-4-3-9(7-12(11)21-2)13(17)16-6-5-15-10(8-16)14(18)19/h3-4,7,10,15H,5-6,8H2,1-2H3,(H,18,19). The molecule has 0 saturated carbocycles. The molecule has 1 aliphatic heterocycles. The number of hydrogen-bond donors (Lipinski definition) is 2. The molecule has 0 aromatic heterocycles. The third-order valence-corrected chi connectivity index (χ3v) is 3.39. The van der Waals surface area contributed by atoms with Crippen LogP contribution in [0.25, 0.3) is 0 Å². The normalized spacial score (nSPS) is 18.2. The molecule has 1 unspecified atom stereocenters. The second-order valence-corrected chi connectivity index (χ2v) is 4.67. The van der Waals surface area contributed by atoms with Gasteiger partial charge in [-0.3, -0.25) is 9.59 Å². The maximum atomic E-state index is 12.4. The lowest BCUT2D eigenvalue weighted by Crippen LogP contribution is -2.55. The molecule has 7 heteroatoms. The Bertz CT molecular complexity index is 546. The van der Waals surface area contributed by atoms with Crippen LogP contribution in [0.4, 0.5) is 0 Å². The molecule has 1 fully saturated rings. The van der Waals surface area contributed by atoms with Crippen molar-refractivity contribution in [2.75, 3.05) is 33.9 Å². The molecule has 0 radical (unpaired) electrons. The summed E-state index contributed by atoms with van der Waals surface area (Å²) < 4.78 is 10.3. The zero-order valence-corrected chi connectivity index (χ0v) is 12.0. The Morgan fingerprint density at radius 3 is 2.62 bits per heavy atom. The van der Waals surface area contributed by atoms with Crippen LogP contribution >= 0.6 is 0 Å². The average molecular weight is 294 g/mol. The van der Waals surface area contributed by atoms with Crippen molar-refractivity contribution in [3.63, 3.8) is 0 Å². The molecule has 114 valence electrons. The van der Waals surface area contributed by atoms with Crippen LogP contribution in [0.5, 0.6) is 11.5 Å². The molecular weight excluding hydrogens is 276 g/mol. The molecule has 7 nitrogen and oxygen atoms in total. The van der Waals surface area contributed by atoms with Crippen molar-refractivity contribution in [2.45, 2.75) is 6.04 Å². The molecule has 1 heterocycles. The number of methoxy groups -OCH3 is 2. The van der Waals surface area contributed by atoms with Crippen molar-refractivity contribution >= 4 is 11.9 Å². The van der Waals surface area contributed by atoms with Crippen molar-refractivity contribution in [1.82, 2.24) is 10.2 Å². The minimum Gasteiger partial charge on any atom is -0.493 e. The van der Waals surface area contributed by atoms with E-state index < -0.39 is 12.0 Å². The van der Waals surface area contributed by atoms with Crippen LogP contribution in [-0.4, -0.2) is 61.8 Å². The van der Waals surface area contributed by atoms with E-state index in [1.54, 1.807) is 18.2 Å². The van der Waals surface area contributed by atoms with Crippen molar-refractivity contribution in [1.29, 1.82) is 0 Å². The predicted molar refractivity (Wildman–Crippen MR) is 74.9 cm³/mol. The van der Waals surface area contributed by atoms with Gasteiger partial charge < -0.3 is 24.8 Å². The van der Waals surface area contributed by atoms with E-state index in [1.807, 2.05) is 0 Å². The number of rotatable bonds is 4. The van der Waals surface area contributed by atoms with Gasteiger partial charge in [-0.2, -0.15) is 0 Å². The molecule has 21 heavy (non-hydrogen) atoms. The summed E-state index contributed by atoms with van der Waals surface area (Å²) in [6.07, 6.45) is 0. The fourth-order valence-corrected chi connectivity index (χ4v) is 2.25. The topological polar surface area (TPSA) is 88.1 Å². The first-order valence-electron chi connectivity index (χ1n) is 6.54. The number of nitrogens with zero attached hydrogens (tertiary/aromatic N) is 1. The van der Waals surface area contributed by atoms with Gasteiger partial charge in [0.05, 0.1) is 14.2 Å². The van der Waals surface area contributed by atoms with Gasteiger partial charge >= 0.3 is 5.97 Å². The number of amides is 1. The number of carbonyl (C=O) groups excluding carboxylic acids is 1. The van der Waals surface area contributed by atoms with Crippen molar-refractivity contribution in [3.8, 4) is 11.5 Å². The summed E-state index contributed by atoms with van der Waals surface area (Å²) in [5.74, 6) is -0.172. The van der Waals surface area contributed by atoms with E-state index in [0.29, 0.717) is 30.2 Å². The third-order valence-electron chi connectivity index (χ3n) is 3.39. The average Bonchev–Trinajstić information content (AvgIpc) is 2.53. The summed E-state index contributed by atoms with van der Waals surface area (Å²) in [5.41, 5.74) is 0.443. The molecule has 0 aliphatic carbocycles. The minimum atomic E-state index is -0.959. The maximum Gasteiger partial charge on any atom is 0.322 e. The minimum absolute atomic E-state index is 0.141. The zero-order valence-electron chi connectivity index (χ0n) is 12.0. The van der Waals surface area contributed by atoms with E-state index in [2.05, 4.69) is 5.32 Å². The summed E-state index contributed by atoms with van der Waals surface area (Å²) in [7, 11) is 3.02. The zero-order chi connectivity index (χ0) is 15.4. The van der Waals surface area contributed by atoms with E-state index in [9.17, 15) is 9.59 Å². The molecule has 1 aliphatic rings. The number of carboxylic acid groups (broad SMARTS) is 1. The number of benzene rings is 1. The monoisotopic (exact) mass is 294 g/mol. The Morgan fingerprint density at radius 1 is 1.29 bits per heavy atom. The van der Waals surface area contributed by atoms with Gasteiger partial charge in [0.25, 0.3) is 5.91 Å². The van der Waals surface area contributed by atoms with E-state index in [0.717, 1.165) is 0 Å². The lowest BCUT2D eigenvalue weighted by Gasteiger charge is -2.31. The highest BCUT2D eigenvalue weighted by Crippen LogP contribution is 2.28. The molecular formula is C14H18N2O5. The number of aliphatic carboxylic acids is 1. The smallest absolute Gasteiger partial charge is 0.322 e. The van der Waals surface area contributed by atoms with Crippen LogP contribution in [0.15, 0.2) is 18.2 Å². The third kappa shape index (κ3) is 3.25. The molecule has 2 rings (SSSR count). The SMILES string of the molecule is COc1ccc(C(=O)N2CCNC(C(=O)O)C2)cc1OC. The van der Waals surface area contributed by atoms with E-state index in [-0.39, 0.29) is 12.5 Å². The van der Waals surface area contributed by atoms with Gasteiger partial charge in [0.1, 0.15) is 6.04 Å². The quantitative estimate of drug-likeness (QED) is 0.825. The van der Waals surface area contributed by atoms with Gasteiger partial charge in [-0.1, -0.05) is 0 Å². The second-order valence-electron chi connectivity index (χ2n) is 4.67. The van der Waals surface area contributed by atoms with E-state index in [4.69, 9.17) is 14.6 Å². The van der Waals surface area contributed by atoms with E-state index in [1.165, 1.54) is 19.1 Å². The fourth-order valence-electron chi connectivity index (χ4n) is 2.25. The highest BCUT2D eigenvalue weighted by atomic mass is 16.5. The van der Waals surface area contributed by atoms with Crippen LogP contribution < -0.4 is 14.8 Å². The Balaban J connectivity index is 2.17. The largest absolute Gasteiger partial charge is 0.493 e. The first kappa shape index (κ1) is 15.1. The summed E-state index contributed by atoms with van der Waals surface area (Å²) in [4.78, 5) is 25.0. The van der Waals surface area contributed by atoms with Gasteiger partial charge in [-0.05, 0) is 18.2 Å². The molecule has 1 aromatic rings. The first-order valence-corrected chi connectivity index (χ1v) is 6.54. The number of nitrogens with one attached hydrogen (secondary N) is 1. The molecule has 1 atom stereocenters. The maximum absolute atomic E-state index is 12.4. The Labute approximate surface area is 122 Å². The molecule has 1 aromatic carbocycles. The fraction of sp³-hybridized carbons (Fsp3) is 0.429. The Morgan fingerprint density at radius 2 is 2.00 bits per heavy atom. The summed E-state index contributed by atoms with van der Waals surface area (Å²) in [6, 6.07) is 4.16. The van der Waals surface area contributed by atoms with Gasteiger partial charge in [-0.25, -0.2) is 0 Å².